The molecule has 0 amide bonds. The van der Waals surface area contributed by atoms with E-state index in [1.807, 2.05) is 39.0 Å². The highest BCUT2D eigenvalue weighted by Gasteiger charge is 2.40. The van der Waals surface area contributed by atoms with Crippen LogP contribution in [0.1, 0.15) is 33.6 Å². The van der Waals surface area contributed by atoms with Gasteiger partial charge in [0.25, 0.3) is 0 Å². The number of esters is 1. The van der Waals surface area contributed by atoms with Crippen LogP contribution in [0, 0.1) is 0 Å². The third kappa shape index (κ3) is 3.51. The van der Waals surface area contributed by atoms with Crippen LogP contribution in [0.2, 0.25) is 0 Å². The lowest BCUT2D eigenvalue weighted by Crippen LogP contribution is -2.57. The van der Waals surface area contributed by atoms with Gasteiger partial charge in [-0.05, 0) is 45.7 Å². The molecule has 1 aliphatic heterocycles. The van der Waals surface area contributed by atoms with E-state index in [9.17, 15) is 4.79 Å². The topological polar surface area (TPSA) is 55.6 Å². The van der Waals surface area contributed by atoms with E-state index in [0.717, 1.165) is 13.1 Å². The van der Waals surface area contributed by atoms with E-state index in [4.69, 9.17) is 10.5 Å². The highest BCUT2D eigenvalue weighted by Crippen LogP contribution is 2.26. The predicted molar refractivity (Wildman–Crippen MR) is 80.7 cm³/mol. The van der Waals surface area contributed by atoms with Crippen LogP contribution >= 0.6 is 0 Å². The third-order valence-electron chi connectivity index (χ3n) is 3.58. The average Bonchev–Trinajstić information content (AvgIpc) is 2.38. The number of hydrogen-bond donors (Lipinski definition) is 1. The number of carbonyl (C=O) groups excluding carboxylic acids is 1. The first-order valence-electron chi connectivity index (χ1n) is 7.12. The van der Waals surface area contributed by atoms with Crippen molar-refractivity contribution in [1.82, 2.24) is 0 Å². The zero-order valence-electron chi connectivity index (χ0n) is 12.6. The molecule has 1 aliphatic rings. The lowest BCUT2D eigenvalue weighted by atomic mass is 9.88. The zero-order chi connectivity index (χ0) is 14.8. The van der Waals surface area contributed by atoms with E-state index in [0.29, 0.717) is 12.8 Å². The Balaban J connectivity index is 1.98. The van der Waals surface area contributed by atoms with Gasteiger partial charge in [0.05, 0.1) is 0 Å². The fraction of sp³-hybridized carbons (Fsp3) is 0.562. The Kier molecular flexibility index (Phi) is 4.04. The Morgan fingerprint density at radius 3 is 2.25 bits per heavy atom. The van der Waals surface area contributed by atoms with Crippen molar-refractivity contribution in [3.05, 3.63) is 30.3 Å². The van der Waals surface area contributed by atoms with Gasteiger partial charge in [-0.3, -0.25) is 4.79 Å². The summed E-state index contributed by atoms with van der Waals surface area (Å²) in [6.45, 7) is 7.16. The normalized spacial score (nSPS) is 18.7. The minimum atomic E-state index is -0.849. The zero-order valence-corrected chi connectivity index (χ0v) is 12.6. The summed E-state index contributed by atoms with van der Waals surface area (Å²) < 4.78 is 5.44. The highest BCUT2D eigenvalue weighted by atomic mass is 16.6. The molecule has 110 valence electrons. The Bertz CT molecular complexity index is 457. The summed E-state index contributed by atoms with van der Waals surface area (Å²) in [6.07, 6.45) is 1.24. The summed E-state index contributed by atoms with van der Waals surface area (Å²) in [7, 11) is 0. The van der Waals surface area contributed by atoms with Crippen LogP contribution in [0.15, 0.2) is 30.3 Å². The molecule has 2 rings (SSSR count). The molecular formula is C16H24N2O2. The van der Waals surface area contributed by atoms with E-state index < -0.39 is 11.1 Å². The molecule has 1 saturated heterocycles. The lowest BCUT2D eigenvalue weighted by molar-refractivity contribution is -0.162. The summed E-state index contributed by atoms with van der Waals surface area (Å²) in [5.41, 5.74) is 6.09. The number of carbonyl (C=O) groups is 1. The highest BCUT2D eigenvalue weighted by molar-refractivity contribution is 5.81. The van der Waals surface area contributed by atoms with Crippen molar-refractivity contribution in [3.63, 3.8) is 0 Å². The van der Waals surface area contributed by atoms with Gasteiger partial charge in [0.2, 0.25) is 0 Å². The number of hydrogen-bond acceptors (Lipinski definition) is 4. The van der Waals surface area contributed by atoms with E-state index >= 15 is 0 Å². The maximum absolute atomic E-state index is 12.2. The second-order valence-electron chi connectivity index (χ2n) is 6.48. The fourth-order valence-electron chi connectivity index (χ4n) is 2.39. The van der Waals surface area contributed by atoms with Gasteiger partial charge < -0.3 is 15.4 Å². The first-order valence-corrected chi connectivity index (χ1v) is 7.12. The predicted octanol–water partition coefficient (Wildman–Crippen LogP) is 2.33. The number of piperidine rings is 1. The molecule has 4 heteroatoms. The molecule has 1 aromatic carbocycles. The van der Waals surface area contributed by atoms with E-state index in [2.05, 4.69) is 17.0 Å². The lowest BCUT2D eigenvalue weighted by Gasteiger charge is -2.39. The number of anilines is 1. The van der Waals surface area contributed by atoms with Gasteiger partial charge in [0, 0.05) is 18.8 Å². The molecule has 0 aromatic heterocycles. The van der Waals surface area contributed by atoms with Gasteiger partial charge in [-0.2, -0.15) is 0 Å². The summed E-state index contributed by atoms with van der Waals surface area (Å²) in [5, 5.41) is 0. The van der Waals surface area contributed by atoms with Crippen molar-refractivity contribution < 1.29 is 9.53 Å². The molecule has 1 heterocycles. The van der Waals surface area contributed by atoms with Crippen LogP contribution in [-0.2, 0) is 9.53 Å². The van der Waals surface area contributed by atoms with Crippen LogP contribution in [0.3, 0.4) is 0 Å². The average molecular weight is 276 g/mol. The molecule has 0 aliphatic carbocycles. The second-order valence-corrected chi connectivity index (χ2v) is 6.48. The molecule has 20 heavy (non-hydrogen) atoms. The van der Waals surface area contributed by atoms with Gasteiger partial charge in [0.1, 0.15) is 11.1 Å². The quantitative estimate of drug-likeness (QED) is 0.842. The van der Waals surface area contributed by atoms with Crippen LogP contribution < -0.4 is 10.6 Å². The van der Waals surface area contributed by atoms with Crippen LogP contribution in [0.4, 0.5) is 5.69 Å². The summed E-state index contributed by atoms with van der Waals surface area (Å²) in [5.74, 6) is -0.280. The summed E-state index contributed by atoms with van der Waals surface area (Å²) in [4.78, 5) is 14.5. The molecule has 2 N–H and O–H groups in total. The number of nitrogens with zero attached hydrogens (tertiary/aromatic N) is 1. The van der Waals surface area contributed by atoms with Crippen molar-refractivity contribution in [2.45, 2.75) is 44.8 Å². The Morgan fingerprint density at radius 2 is 1.75 bits per heavy atom. The largest absolute Gasteiger partial charge is 0.459 e. The van der Waals surface area contributed by atoms with Crippen molar-refractivity contribution >= 4 is 11.7 Å². The van der Waals surface area contributed by atoms with Crippen molar-refractivity contribution in [3.8, 4) is 0 Å². The Morgan fingerprint density at radius 1 is 1.20 bits per heavy atom. The minimum Gasteiger partial charge on any atom is -0.459 e. The van der Waals surface area contributed by atoms with E-state index in [-0.39, 0.29) is 5.97 Å². The molecule has 0 unspecified atom stereocenters. The SMILES string of the molecule is CC(C)(C)OC(=O)C1(N)CCN(c2ccccc2)CC1. The first-order chi connectivity index (χ1) is 9.30. The van der Waals surface area contributed by atoms with Crippen LogP contribution in [0.5, 0.6) is 0 Å². The fourth-order valence-corrected chi connectivity index (χ4v) is 2.39. The smallest absolute Gasteiger partial charge is 0.326 e. The van der Waals surface area contributed by atoms with Gasteiger partial charge in [-0.1, -0.05) is 18.2 Å². The second kappa shape index (κ2) is 5.44. The van der Waals surface area contributed by atoms with Crippen molar-refractivity contribution in [1.29, 1.82) is 0 Å². The molecule has 0 saturated carbocycles. The molecule has 1 fully saturated rings. The van der Waals surface area contributed by atoms with Gasteiger partial charge >= 0.3 is 5.97 Å². The van der Waals surface area contributed by atoms with Gasteiger partial charge in [-0.15, -0.1) is 0 Å². The van der Waals surface area contributed by atoms with Gasteiger partial charge in [0.15, 0.2) is 0 Å². The van der Waals surface area contributed by atoms with Gasteiger partial charge in [-0.25, -0.2) is 0 Å². The molecule has 0 atom stereocenters. The Labute approximate surface area is 120 Å². The van der Waals surface area contributed by atoms with Crippen LogP contribution in [-0.4, -0.2) is 30.2 Å². The summed E-state index contributed by atoms with van der Waals surface area (Å²) in [6, 6.07) is 10.2. The number of rotatable bonds is 2. The Hall–Kier alpha value is -1.55. The van der Waals surface area contributed by atoms with Crippen molar-refractivity contribution in [2.75, 3.05) is 18.0 Å². The number of para-hydroxylation sites is 1. The molecule has 4 nitrogen and oxygen atoms in total. The minimum absolute atomic E-state index is 0.280. The van der Waals surface area contributed by atoms with Crippen LogP contribution in [0.25, 0.3) is 0 Å². The monoisotopic (exact) mass is 276 g/mol. The third-order valence-corrected chi connectivity index (χ3v) is 3.58. The number of ether oxygens (including phenoxy) is 1. The van der Waals surface area contributed by atoms with E-state index in [1.54, 1.807) is 0 Å². The molecule has 0 bridgehead atoms. The summed E-state index contributed by atoms with van der Waals surface area (Å²) >= 11 is 0. The molecule has 1 aromatic rings. The molecule has 0 radical (unpaired) electrons. The maximum Gasteiger partial charge on any atom is 0.326 e. The molecular weight excluding hydrogens is 252 g/mol. The standard InChI is InChI=1S/C16H24N2O2/c1-15(2,3)20-14(19)16(17)9-11-18(12-10-16)13-7-5-4-6-8-13/h4-8H,9-12,17H2,1-3H3. The first kappa shape index (κ1) is 14.9. The molecule has 0 spiro atoms. The van der Waals surface area contributed by atoms with Crippen molar-refractivity contribution in [2.24, 2.45) is 5.73 Å². The number of nitrogens with two attached hydrogens (primary N) is 1. The number of benzene rings is 1. The maximum atomic E-state index is 12.2. The van der Waals surface area contributed by atoms with E-state index in [1.165, 1.54) is 5.69 Å².